The number of hydrogen-bond donors (Lipinski definition) is 1. The predicted molar refractivity (Wildman–Crippen MR) is 83.4 cm³/mol. The number of hydrogen-bond acceptors (Lipinski definition) is 1. The van der Waals surface area contributed by atoms with Crippen LogP contribution >= 0.6 is 15.9 Å². The Labute approximate surface area is 131 Å². The van der Waals surface area contributed by atoms with Gasteiger partial charge < -0.3 is 5.11 Å². The van der Waals surface area contributed by atoms with Gasteiger partial charge in [0.15, 0.2) is 0 Å². The number of aliphatic hydroxyl groups excluding tert-OH is 1. The van der Waals surface area contributed by atoms with Gasteiger partial charge in [-0.1, -0.05) is 29.3 Å². The van der Waals surface area contributed by atoms with Crippen molar-refractivity contribution in [3.8, 4) is 0 Å². The lowest BCUT2D eigenvalue weighted by atomic mass is 9.98. The van der Waals surface area contributed by atoms with Crippen molar-refractivity contribution < 1.29 is 13.9 Å². The molecule has 112 valence electrons. The number of rotatable bonds is 4. The van der Waals surface area contributed by atoms with E-state index in [2.05, 4.69) is 15.9 Å². The molecule has 0 aliphatic heterocycles. The van der Waals surface area contributed by atoms with Crippen molar-refractivity contribution in [2.24, 2.45) is 0 Å². The molecule has 1 unspecified atom stereocenters. The van der Waals surface area contributed by atoms with Crippen LogP contribution in [0.3, 0.4) is 0 Å². The van der Waals surface area contributed by atoms with Gasteiger partial charge in [-0.2, -0.15) is 0 Å². The van der Waals surface area contributed by atoms with Crippen LogP contribution in [0.1, 0.15) is 22.3 Å². The van der Waals surface area contributed by atoms with E-state index in [-0.39, 0.29) is 16.5 Å². The average molecular weight is 355 g/mol. The largest absolute Gasteiger partial charge is 0.392 e. The summed E-state index contributed by atoms with van der Waals surface area (Å²) in [6, 6.07) is 8.52. The molecule has 0 bridgehead atoms. The van der Waals surface area contributed by atoms with Gasteiger partial charge in [-0.05, 0) is 53.9 Å². The molecule has 0 heterocycles. The molecule has 21 heavy (non-hydrogen) atoms. The van der Waals surface area contributed by atoms with Gasteiger partial charge in [0.25, 0.3) is 0 Å². The molecule has 1 atom stereocenters. The molecule has 0 radical (unpaired) electrons. The summed E-state index contributed by atoms with van der Waals surface area (Å²) in [5.41, 5.74) is 3.10. The van der Waals surface area contributed by atoms with Crippen LogP contribution in [-0.2, 0) is 12.8 Å². The molecule has 2 aromatic rings. The van der Waals surface area contributed by atoms with E-state index in [1.54, 1.807) is 0 Å². The standard InChI is InChI=1S/C17H17BrF2O/c1-10-5-11(2)7-12(6-10)8-13(21)9-14-16(19)4-3-15(18)17(14)20/h3-7,13,21H,8-9H2,1-2H3. The zero-order valence-corrected chi connectivity index (χ0v) is 13.5. The second kappa shape index (κ2) is 6.67. The molecule has 0 saturated carbocycles. The molecule has 0 aliphatic carbocycles. The van der Waals surface area contributed by atoms with Gasteiger partial charge >= 0.3 is 0 Å². The fourth-order valence-electron chi connectivity index (χ4n) is 2.52. The summed E-state index contributed by atoms with van der Waals surface area (Å²) in [5, 5.41) is 10.1. The summed E-state index contributed by atoms with van der Waals surface area (Å²) >= 11 is 3.03. The maximum Gasteiger partial charge on any atom is 0.143 e. The van der Waals surface area contributed by atoms with Crippen molar-refractivity contribution in [1.29, 1.82) is 0 Å². The first-order valence-corrected chi connectivity index (χ1v) is 7.53. The Balaban J connectivity index is 2.15. The van der Waals surface area contributed by atoms with Crippen LogP contribution in [0.5, 0.6) is 0 Å². The third-order valence-corrected chi connectivity index (χ3v) is 3.94. The van der Waals surface area contributed by atoms with Gasteiger partial charge in [0.05, 0.1) is 10.6 Å². The summed E-state index contributed by atoms with van der Waals surface area (Å²) in [4.78, 5) is 0. The first kappa shape index (κ1) is 16.1. The van der Waals surface area contributed by atoms with Crippen LogP contribution in [0.15, 0.2) is 34.8 Å². The van der Waals surface area contributed by atoms with Crippen LogP contribution in [0.25, 0.3) is 0 Å². The third-order valence-electron chi connectivity index (χ3n) is 3.33. The highest BCUT2D eigenvalue weighted by Crippen LogP contribution is 2.23. The molecule has 0 fully saturated rings. The molecule has 0 aromatic heterocycles. The van der Waals surface area contributed by atoms with Crippen molar-refractivity contribution in [1.82, 2.24) is 0 Å². The Bertz CT molecular complexity index is 635. The van der Waals surface area contributed by atoms with Gasteiger partial charge in [0.2, 0.25) is 0 Å². The van der Waals surface area contributed by atoms with E-state index in [1.165, 1.54) is 12.1 Å². The van der Waals surface area contributed by atoms with Crippen molar-refractivity contribution >= 4 is 15.9 Å². The molecule has 1 nitrogen and oxygen atoms in total. The highest BCUT2D eigenvalue weighted by molar-refractivity contribution is 9.10. The lowest BCUT2D eigenvalue weighted by Gasteiger charge is -2.14. The van der Waals surface area contributed by atoms with Gasteiger partial charge in [-0.3, -0.25) is 0 Å². The molecule has 4 heteroatoms. The monoisotopic (exact) mass is 354 g/mol. The van der Waals surface area contributed by atoms with Gasteiger partial charge in [0, 0.05) is 12.0 Å². The lowest BCUT2D eigenvalue weighted by molar-refractivity contribution is 0.172. The molecule has 2 aromatic carbocycles. The zero-order chi connectivity index (χ0) is 15.6. The highest BCUT2D eigenvalue weighted by Gasteiger charge is 2.17. The van der Waals surface area contributed by atoms with E-state index in [1.807, 2.05) is 32.0 Å². The molecule has 1 N–H and O–H groups in total. The summed E-state index contributed by atoms with van der Waals surface area (Å²) in [6.45, 7) is 3.97. The molecular formula is C17H17BrF2O. The quantitative estimate of drug-likeness (QED) is 0.802. The fourth-order valence-corrected chi connectivity index (χ4v) is 2.89. The second-order valence-corrected chi connectivity index (χ2v) is 6.23. The highest BCUT2D eigenvalue weighted by atomic mass is 79.9. The third kappa shape index (κ3) is 4.11. The van der Waals surface area contributed by atoms with E-state index in [0.717, 1.165) is 16.7 Å². The van der Waals surface area contributed by atoms with Crippen LogP contribution in [0.4, 0.5) is 8.78 Å². The maximum absolute atomic E-state index is 13.9. The van der Waals surface area contributed by atoms with Crippen molar-refractivity contribution in [3.63, 3.8) is 0 Å². The fraction of sp³-hybridized carbons (Fsp3) is 0.294. The summed E-state index contributed by atoms with van der Waals surface area (Å²) in [6.07, 6.45) is -0.512. The zero-order valence-electron chi connectivity index (χ0n) is 12.0. The van der Waals surface area contributed by atoms with Crippen LogP contribution in [-0.4, -0.2) is 11.2 Å². The number of aliphatic hydroxyl groups is 1. The Morgan fingerprint density at radius 1 is 1.05 bits per heavy atom. The molecular weight excluding hydrogens is 338 g/mol. The minimum Gasteiger partial charge on any atom is -0.392 e. The van der Waals surface area contributed by atoms with Crippen molar-refractivity contribution in [2.75, 3.05) is 0 Å². The minimum atomic E-state index is -0.829. The number of benzene rings is 2. The molecule has 0 spiro atoms. The average Bonchev–Trinajstić information content (AvgIpc) is 2.38. The van der Waals surface area contributed by atoms with Crippen LogP contribution < -0.4 is 0 Å². The summed E-state index contributed by atoms with van der Waals surface area (Å²) in [7, 11) is 0. The first-order valence-electron chi connectivity index (χ1n) is 6.74. The van der Waals surface area contributed by atoms with E-state index in [9.17, 15) is 13.9 Å². The molecule has 2 rings (SSSR count). The molecule has 0 saturated heterocycles. The normalized spacial score (nSPS) is 12.5. The Morgan fingerprint density at radius 3 is 2.29 bits per heavy atom. The topological polar surface area (TPSA) is 20.2 Å². The lowest BCUT2D eigenvalue weighted by Crippen LogP contribution is -2.16. The number of aryl methyl sites for hydroxylation is 2. The SMILES string of the molecule is Cc1cc(C)cc(CC(O)Cc2c(F)ccc(Br)c2F)c1. The van der Waals surface area contributed by atoms with E-state index >= 15 is 0 Å². The summed E-state index contributed by atoms with van der Waals surface area (Å²) in [5.74, 6) is -1.27. The van der Waals surface area contributed by atoms with Crippen molar-refractivity contribution in [3.05, 3.63) is 68.7 Å². The molecule has 0 amide bonds. The van der Waals surface area contributed by atoms with Crippen LogP contribution in [0.2, 0.25) is 0 Å². The van der Waals surface area contributed by atoms with Gasteiger partial charge in [-0.15, -0.1) is 0 Å². The second-order valence-electron chi connectivity index (χ2n) is 5.38. The van der Waals surface area contributed by atoms with E-state index in [4.69, 9.17) is 0 Å². The van der Waals surface area contributed by atoms with Gasteiger partial charge in [0.1, 0.15) is 11.6 Å². The molecule has 0 aliphatic rings. The van der Waals surface area contributed by atoms with Gasteiger partial charge in [-0.25, -0.2) is 8.78 Å². The number of halogens is 3. The van der Waals surface area contributed by atoms with Crippen molar-refractivity contribution in [2.45, 2.75) is 32.8 Å². The minimum absolute atomic E-state index is 0.0515. The van der Waals surface area contributed by atoms with E-state index in [0.29, 0.717) is 6.42 Å². The predicted octanol–water partition coefficient (Wildman–Crippen LogP) is 4.49. The Hall–Kier alpha value is -1.26. The maximum atomic E-state index is 13.9. The van der Waals surface area contributed by atoms with E-state index < -0.39 is 17.7 Å². The van der Waals surface area contributed by atoms with Crippen LogP contribution in [0, 0.1) is 25.5 Å². The first-order chi connectivity index (χ1) is 9.86. The Morgan fingerprint density at radius 2 is 1.67 bits per heavy atom. The Kier molecular flexibility index (Phi) is 5.12. The summed E-state index contributed by atoms with van der Waals surface area (Å²) < 4.78 is 27.8. The smallest absolute Gasteiger partial charge is 0.143 e.